The van der Waals surface area contributed by atoms with Crippen LogP contribution in [0.15, 0.2) is 46.7 Å². The first kappa shape index (κ1) is 20.8. The summed E-state index contributed by atoms with van der Waals surface area (Å²) in [5, 5.41) is 3.25. The van der Waals surface area contributed by atoms with Gasteiger partial charge in [0.1, 0.15) is 10.0 Å². The molecule has 4 rings (SSSR count). The van der Waals surface area contributed by atoms with Gasteiger partial charge in [-0.15, -0.1) is 11.3 Å². The molecule has 0 radical (unpaired) electrons. The van der Waals surface area contributed by atoms with Gasteiger partial charge in [0, 0.05) is 48.5 Å². The standard InChI is InChI=1S/C21H25N5O2S2/c1-15-4-7-18(8-5-15)23-21-22-16(2)14-19(24-21)25-10-12-26(13-11-25)30(27,28)20-9-6-17(3)29-20/h4-9,14H,10-13H2,1-3H3,(H,22,23,24). The molecule has 3 aromatic rings. The van der Waals surface area contributed by atoms with Crippen LogP contribution in [-0.2, 0) is 10.0 Å². The van der Waals surface area contributed by atoms with Crippen molar-refractivity contribution in [1.82, 2.24) is 14.3 Å². The third-order valence-corrected chi connectivity index (χ3v) is 8.39. The lowest BCUT2D eigenvalue weighted by atomic mass is 10.2. The molecular weight excluding hydrogens is 418 g/mol. The second kappa shape index (κ2) is 8.33. The monoisotopic (exact) mass is 443 g/mol. The molecule has 1 N–H and O–H groups in total. The Bertz CT molecular complexity index is 1130. The Morgan fingerprint density at radius 1 is 0.933 bits per heavy atom. The largest absolute Gasteiger partial charge is 0.354 e. The molecule has 1 saturated heterocycles. The number of thiophene rings is 1. The quantitative estimate of drug-likeness (QED) is 0.648. The van der Waals surface area contributed by atoms with Gasteiger partial charge in [0.05, 0.1) is 0 Å². The Labute approximate surface area is 181 Å². The maximum atomic E-state index is 12.9. The maximum absolute atomic E-state index is 12.9. The zero-order valence-electron chi connectivity index (χ0n) is 17.3. The van der Waals surface area contributed by atoms with Gasteiger partial charge in [0.15, 0.2) is 0 Å². The smallest absolute Gasteiger partial charge is 0.252 e. The number of nitrogens with one attached hydrogen (secondary N) is 1. The highest BCUT2D eigenvalue weighted by molar-refractivity contribution is 7.91. The molecule has 158 valence electrons. The van der Waals surface area contributed by atoms with Gasteiger partial charge in [-0.25, -0.2) is 13.4 Å². The summed E-state index contributed by atoms with van der Waals surface area (Å²) in [5.74, 6) is 1.35. The summed E-state index contributed by atoms with van der Waals surface area (Å²) in [6.07, 6.45) is 0. The molecular formula is C21H25N5O2S2. The van der Waals surface area contributed by atoms with Crippen molar-refractivity contribution in [1.29, 1.82) is 0 Å². The minimum Gasteiger partial charge on any atom is -0.354 e. The lowest BCUT2D eigenvalue weighted by molar-refractivity contribution is 0.384. The van der Waals surface area contributed by atoms with Gasteiger partial charge in [-0.3, -0.25) is 0 Å². The van der Waals surface area contributed by atoms with Crippen molar-refractivity contribution in [2.45, 2.75) is 25.0 Å². The van der Waals surface area contributed by atoms with Crippen LogP contribution >= 0.6 is 11.3 Å². The Morgan fingerprint density at radius 2 is 1.63 bits per heavy atom. The number of hydrogen-bond donors (Lipinski definition) is 1. The summed E-state index contributed by atoms with van der Waals surface area (Å²) in [6, 6.07) is 13.5. The number of benzene rings is 1. The minimum absolute atomic E-state index is 0.413. The first-order valence-corrected chi connectivity index (χ1v) is 12.1. The summed E-state index contributed by atoms with van der Waals surface area (Å²) >= 11 is 1.32. The number of piperazine rings is 1. The minimum atomic E-state index is -3.43. The van der Waals surface area contributed by atoms with E-state index in [0.717, 1.165) is 22.1 Å². The number of aromatic nitrogens is 2. The van der Waals surface area contributed by atoms with Gasteiger partial charge < -0.3 is 10.2 Å². The van der Waals surface area contributed by atoms with Crippen molar-refractivity contribution in [3.63, 3.8) is 0 Å². The fourth-order valence-corrected chi connectivity index (χ4v) is 6.23. The Hall–Kier alpha value is -2.49. The molecule has 9 heteroatoms. The lowest BCUT2D eigenvalue weighted by Gasteiger charge is -2.34. The van der Waals surface area contributed by atoms with Crippen molar-refractivity contribution in [2.75, 3.05) is 36.4 Å². The lowest BCUT2D eigenvalue weighted by Crippen LogP contribution is -2.48. The molecule has 0 atom stereocenters. The van der Waals surface area contributed by atoms with Crippen LogP contribution in [0.3, 0.4) is 0 Å². The van der Waals surface area contributed by atoms with Gasteiger partial charge in [0.2, 0.25) is 5.95 Å². The molecule has 0 amide bonds. The molecule has 3 heterocycles. The molecule has 0 saturated carbocycles. The summed E-state index contributed by atoms with van der Waals surface area (Å²) < 4.78 is 27.7. The number of sulfonamides is 1. The van der Waals surface area contributed by atoms with Gasteiger partial charge >= 0.3 is 0 Å². The number of anilines is 3. The van der Waals surface area contributed by atoms with Crippen LogP contribution in [0.25, 0.3) is 0 Å². The topological polar surface area (TPSA) is 78.4 Å². The predicted octanol–water partition coefficient (Wildman–Crippen LogP) is 3.72. The van der Waals surface area contributed by atoms with Crippen molar-refractivity contribution >= 4 is 38.8 Å². The molecule has 0 spiro atoms. The number of rotatable bonds is 5. The first-order valence-electron chi connectivity index (χ1n) is 9.82. The van der Waals surface area contributed by atoms with E-state index in [-0.39, 0.29) is 0 Å². The van der Waals surface area contributed by atoms with Crippen molar-refractivity contribution < 1.29 is 8.42 Å². The summed E-state index contributed by atoms with van der Waals surface area (Å²) in [4.78, 5) is 12.3. The highest BCUT2D eigenvalue weighted by Gasteiger charge is 2.30. The molecule has 2 aromatic heterocycles. The third kappa shape index (κ3) is 4.48. The van der Waals surface area contributed by atoms with Crippen LogP contribution in [0.5, 0.6) is 0 Å². The van der Waals surface area contributed by atoms with Crippen LogP contribution in [0, 0.1) is 20.8 Å². The molecule has 1 fully saturated rings. The van der Waals surface area contributed by atoms with Crippen molar-refractivity contribution in [2.24, 2.45) is 0 Å². The number of aryl methyl sites for hydroxylation is 3. The number of nitrogens with zero attached hydrogens (tertiary/aromatic N) is 4. The maximum Gasteiger partial charge on any atom is 0.252 e. The summed E-state index contributed by atoms with van der Waals surface area (Å²) in [5.41, 5.74) is 2.98. The molecule has 1 aliphatic rings. The zero-order valence-corrected chi connectivity index (χ0v) is 18.9. The highest BCUT2D eigenvalue weighted by Crippen LogP contribution is 2.26. The van der Waals surface area contributed by atoms with E-state index < -0.39 is 10.0 Å². The number of hydrogen-bond acceptors (Lipinski definition) is 7. The van der Waals surface area contributed by atoms with Gasteiger partial charge in [-0.1, -0.05) is 17.7 Å². The van der Waals surface area contributed by atoms with E-state index in [1.807, 2.05) is 57.2 Å². The average molecular weight is 444 g/mol. The van der Waals surface area contributed by atoms with Crippen LogP contribution in [0.4, 0.5) is 17.5 Å². The van der Waals surface area contributed by atoms with E-state index in [0.29, 0.717) is 36.3 Å². The van der Waals surface area contributed by atoms with Gasteiger partial charge in [-0.2, -0.15) is 9.29 Å². The van der Waals surface area contributed by atoms with Crippen LogP contribution in [0.2, 0.25) is 0 Å². The van der Waals surface area contributed by atoms with E-state index >= 15 is 0 Å². The normalized spacial score (nSPS) is 15.4. The molecule has 30 heavy (non-hydrogen) atoms. The highest BCUT2D eigenvalue weighted by atomic mass is 32.2. The van der Waals surface area contributed by atoms with Crippen LogP contribution in [0.1, 0.15) is 16.1 Å². The fraction of sp³-hybridized carbons (Fsp3) is 0.333. The third-order valence-electron chi connectivity index (χ3n) is 5.02. The van der Waals surface area contributed by atoms with Gasteiger partial charge in [-0.05, 0) is 45.0 Å². The average Bonchev–Trinajstić information content (AvgIpc) is 3.17. The molecule has 1 aromatic carbocycles. The van der Waals surface area contributed by atoms with E-state index in [1.54, 1.807) is 10.4 Å². The van der Waals surface area contributed by atoms with Crippen LogP contribution < -0.4 is 10.2 Å². The van der Waals surface area contributed by atoms with Crippen molar-refractivity contribution in [3.8, 4) is 0 Å². The molecule has 7 nitrogen and oxygen atoms in total. The van der Waals surface area contributed by atoms with E-state index in [4.69, 9.17) is 0 Å². The Balaban J connectivity index is 1.47. The van der Waals surface area contributed by atoms with Gasteiger partial charge in [0.25, 0.3) is 10.0 Å². The first-order chi connectivity index (χ1) is 14.3. The predicted molar refractivity (Wildman–Crippen MR) is 121 cm³/mol. The molecule has 1 aliphatic heterocycles. The zero-order chi connectivity index (χ0) is 21.3. The van der Waals surface area contributed by atoms with E-state index in [2.05, 4.69) is 20.2 Å². The molecule has 0 bridgehead atoms. The second-order valence-corrected chi connectivity index (χ2v) is 10.9. The Morgan fingerprint density at radius 3 is 2.27 bits per heavy atom. The summed E-state index contributed by atoms with van der Waals surface area (Å²) in [7, 11) is -3.43. The molecule has 0 unspecified atom stereocenters. The van der Waals surface area contributed by atoms with E-state index in [1.165, 1.54) is 16.9 Å². The summed E-state index contributed by atoms with van der Waals surface area (Å²) in [6.45, 7) is 7.94. The SMILES string of the molecule is Cc1ccc(Nc2nc(C)cc(N3CCN(S(=O)(=O)c4ccc(C)s4)CC3)n2)cc1. The van der Waals surface area contributed by atoms with Crippen LogP contribution in [-0.4, -0.2) is 48.9 Å². The van der Waals surface area contributed by atoms with Crippen molar-refractivity contribution in [3.05, 3.63) is 58.6 Å². The second-order valence-electron chi connectivity index (χ2n) is 7.44. The Kier molecular flexibility index (Phi) is 5.77. The van der Waals surface area contributed by atoms with E-state index in [9.17, 15) is 8.42 Å². The molecule has 0 aliphatic carbocycles. The fourth-order valence-electron chi connectivity index (χ4n) is 3.37.